The van der Waals surface area contributed by atoms with Crippen molar-refractivity contribution in [3.8, 4) is 22.3 Å². The number of aromatic nitrogens is 1. The minimum atomic E-state index is 0.00427. The van der Waals surface area contributed by atoms with E-state index < -0.39 is 0 Å². The van der Waals surface area contributed by atoms with Crippen LogP contribution in [0.2, 0.25) is 0 Å². The molecule has 2 nitrogen and oxygen atoms in total. The lowest BCUT2D eigenvalue weighted by molar-refractivity contribution is -0.00527. The molecule has 4 heterocycles. The van der Waals surface area contributed by atoms with Crippen LogP contribution in [0.15, 0.2) is 147 Å². The summed E-state index contributed by atoms with van der Waals surface area (Å²) in [5, 5.41) is 3.04. The van der Waals surface area contributed by atoms with Crippen molar-refractivity contribution in [1.29, 1.82) is 0 Å². The fourth-order valence-corrected chi connectivity index (χ4v) is 20.8. The summed E-state index contributed by atoms with van der Waals surface area (Å²) < 4.78 is 2.89. The molecule has 72 heavy (non-hydrogen) atoms. The molecule has 8 aliphatic carbocycles. The van der Waals surface area contributed by atoms with E-state index in [9.17, 15) is 0 Å². The van der Waals surface area contributed by atoms with Crippen LogP contribution in [0.4, 0.5) is 17.1 Å². The first-order valence-electron chi connectivity index (χ1n) is 27.9. The molecule has 0 radical (unpaired) electrons. The lowest BCUT2D eigenvalue weighted by atomic mass is 9.44. The van der Waals surface area contributed by atoms with Crippen LogP contribution in [-0.2, 0) is 16.2 Å². The zero-order valence-corrected chi connectivity index (χ0v) is 44.0. The summed E-state index contributed by atoms with van der Waals surface area (Å²) >= 11 is 3.92. The second kappa shape index (κ2) is 14.6. The van der Waals surface area contributed by atoms with Crippen LogP contribution in [0.25, 0.3) is 44.1 Å². The highest BCUT2D eigenvalue weighted by Gasteiger charge is 2.54. The third-order valence-electron chi connectivity index (χ3n) is 20.7. The molecule has 19 rings (SSSR count). The maximum absolute atomic E-state index is 2.89. The van der Waals surface area contributed by atoms with E-state index in [1.807, 2.05) is 23.5 Å². The van der Waals surface area contributed by atoms with Crippen molar-refractivity contribution in [2.45, 2.75) is 141 Å². The van der Waals surface area contributed by atoms with Crippen LogP contribution in [0.3, 0.4) is 0 Å². The Balaban J connectivity index is 0.966. The smallest absolute Gasteiger partial charge is 0.333 e. The average molecular weight is 971 g/mol. The van der Waals surface area contributed by atoms with Crippen LogP contribution < -0.4 is 15.8 Å². The quantitative estimate of drug-likeness (QED) is 0.163. The van der Waals surface area contributed by atoms with Crippen LogP contribution in [0, 0.1) is 42.4 Å². The van der Waals surface area contributed by atoms with Gasteiger partial charge in [0.25, 0.3) is 0 Å². The predicted molar refractivity (Wildman–Crippen MR) is 303 cm³/mol. The zero-order valence-electron chi connectivity index (χ0n) is 42.4. The number of anilines is 3. The molecule has 7 aromatic carbocycles. The molecular weight excluding hydrogens is 908 g/mol. The van der Waals surface area contributed by atoms with Crippen LogP contribution >= 0.6 is 23.5 Å². The van der Waals surface area contributed by atoms with Gasteiger partial charge in [0.1, 0.15) is 0 Å². The standard InChI is InChI=1S/C67H63BN2S2/c1-38-18-51-53-29-48(67-35-42-23-43(36-67)25-44(24-42)37-67)28-52-50-27-47(66-32-39-20-40(33-66)22-41(21-39)34-66)15-17-56(50)70(64(52)53)68-54-30-61-62(72-60-13-9-8-12-59(60)71-61)31-57(54)69(58(19-38)63(51)68)55-16-14-46(65(2,3)4)26-49(55)45-10-6-5-7-11-45/h5-19,26-31,39-44H,20-25,32-37H2,1-4H3. The summed E-state index contributed by atoms with van der Waals surface area (Å²) in [6.07, 6.45) is 17.2. The topological polar surface area (TPSA) is 8.17 Å². The lowest BCUT2D eigenvalue weighted by Gasteiger charge is -2.57. The van der Waals surface area contributed by atoms with E-state index in [1.54, 1.807) is 11.1 Å². The highest BCUT2D eigenvalue weighted by atomic mass is 32.2. The molecule has 0 N–H and O–H groups in total. The summed E-state index contributed by atoms with van der Waals surface area (Å²) in [5.41, 5.74) is 21.8. The van der Waals surface area contributed by atoms with Crippen LogP contribution in [0.5, 0.6) is 0 Å². The van der Waals surface area contributed by atoms with E-state index in [1.165, 1.54) is 180 Å². The molecule has 8 aromatic rings. The molecular formula is C67H63BN2S2. The van der Waals surface area contributed by atoms with Crippen molar-refractivity contribution in [2.75, 3.05) is 4.90 Å². The molecule has 0 spiro atoms. The Labute approximate surface area is 434 Å². The summed E-state index contributed by atoms with van der Waals surface area (Å²) in [6.45, 7) is 9.47. The van der Waals surface area contributed by atoms with Gasteiger partial charge in [-0.15, -0.1) is 0 Å². The molecule has 0 saturated heterocycles. The van der Waals surface area contributed by atoms with Gasteiger partial charge in [-0.05, 0) is 247 Å². The Morgan fingerprint density at radius 2 is 1.10 bits per heavy atom. The number of hydrogen-bond donors (Lipinski definition) is 0. The van der Waals surface area contributed by atoms with Crippen molar-refractivity contribution in [3.63, 3.8) is 0 Å². The van der Waals surface area contributed by atoms with E-state index in [2.05, 4.69) is 164 Å². The second-order valence-electron chi connectivity index (χ2n) is 26.3. The minimum Gasteiger partial charge on any atom is -0.375 e. The third kappa shape index (κ3) is 5.90. The summed E-state index contributed by atoms with van der Waals surface area (Å²) in [7, 11) is 0. The highest BCUT2D eigenvalue weighted by Crippen LogP contribution is 2.64. The maximum Gasteiger partial charge on any atom is 0.333 e. The Morgan fingerprint density at radius 3 is 1.74 bits per heavy atom. The maximum atomic E-state index is 2.89. The van der Waals surface area contributed by atoms with Crippen LogP contribution in [-0.4, -0.2) is 11.3 Å². The number of hydrogen-bond acceptors (Lipinski definition) is 3. The SMILES string of the molecule is Cc1cc2c3c(c1)N(c1ccc(C(C)(C)C)cc1-c1ccccc1)c1cc4c(cc1B3n1c3ccc(C56CC7CC(CC(C7)C5)C6)cc3c3cc(C56CC7CC(CC(C7)C5)C6)cc-2c31)Sc1ccccc1S4. The largest absolute Gasteiger partial charge is 0.375 e. The number of fused-ring (bicyclic) bond motifs is 9. The Morgan fingerprint density at radius 1 is 0.500 bits per heavy atom. The number of aryl methyl sites for hydroxylation is 1. The van der Waals surface area contributed by atoms with Crippen molar-refractivity contribution >= 4 is 80.2 Å². The molecule has 1 aromatic heterocycles. The van der Waals surface area contributed by atoms with Crippen molar-refractivity contribution in [1.82, 2.24) is 4.48 Å². The lowest BCUT2D eigenvalue weighted by Crippen LogP contribution is -2.57. The van der Waals surface area contributed by atoms with Crippen molar-refractivity contribution in [3.05, 3.63) is 150 Å². The molecule has 8 fully saturated rings. The Bertz CT molecular complexity index is 3620. The zero-order chi connectivity index (χ0) is 47.6. The van der Waals surface area contributed by atoms with Crippen LogP contribution in [0.1, 0.15) is 120 Å². The molecule has 0 atom stereocenters. The summed E-state index contributed by atoms with van der Waals surface area (Å²) in [5.74, 6) is 5.44. The monoisotopic (exact) mass is 970 g/mol. The average Bonchev–Trinajstić information content (AvgIpc) is 3.69. The molecule has 8 saturated carbocycles. The molecule has 0 amide bonds. The molecule has 3 aliphatic heterocycles. The van der Waals surface area contributed by atoms with Gasteiger partial charge in [0, 0.05) is 63.9 Å². The number of rotatable bonds is 4. The molecule has 356 valence electrons. The predicted octanol–water partition coefficient (Wildman–Crippen LogP) is 17.0. The highest BCUT2D eigenvalue weighted by molar-refractivity contribution is 8.05. The molecule has 5 heteroatoms. The number of benzene rings is 7. The van der Waals surface area contributed by atoms with Crippen molar-refractivity contribution < 1.29 is 0 Å². The van der Waals surface area contributed by atoms with Gasteiger partial charge in [-0.1, -0.05) is 105 Å². The minimum absolute atomic E-state index is 0.00427. The van der Waals surface area contributed by atoms with Gasteiger partial charge in [0.05, 0.1) is 5.69 Å². The summed E-state index contributed by atoms with van der Waals surface area (Å²) in [6, 6.07) is 51.8. The Kier molecular flexibility index (Phi) is 8.57. The van der Waals surface area contributed by atoms with Gasteiger partial charge < -0.3 is 9.38 Å². The first-order chi connectivity index (χ1) is 35.0. The van der Waals surface area contributed by atoms with Gasteiger partial charge >= 0.3 is 6.85 Å². The van der Waals surface area contributed by atoms with Gasteiger partial charge in [-0.2, -0.15) is 0 Å². The third-order valence-corrected chi connectivity index (χ3v) is 23.2. The van der Waals surface area contributed by atoms with Gasteiger partial charge in [-0.3, -0.25) is 0 Å². The number of nitrogens with zero attached hydrogens (tertiary/aromatic N) is 2. The fourth-order valence-electron chi connectivity index (χ4n) is 18.5. The normalized spacial score (nSPS) is 28.7. The summed E-state index contributed by atoms with van der Waals surface area (Å²) in [4.78, 5) is 8.16. The first-order valence-corrected chi connectivity index (χ1v) is 29.6. The first kappa shape index (κ1) is 42.3. The van der Waals surface area contributed by atoms with E-state index in [0.717, 1.165) is 35.5 Å². The van der Waals surface area contributed by atoms with Gasteiger partial charge in [0.2, 0.25) is 0 Å². The van der Waals surface area contributed by atoms with Gasteiger partial charge in [-0.25, -0.2) is 0 Å². The Hall–Kier alpha value is -5.10. The molecule has 0 unspecified atom stereocenters. The van der Waals surface area contributed by atoms with Crippen molar-refractivity contribution in [2.24, 2.45) is 35.5 Å². The second-order valence-corrected chi connectivity index (χ2v) is 28.4. The fraction of sp³-hybridized carbons (Fsp3) is 0.373. The van der Waals surface area contributed by atoms with E-state index in [4.69, 9.17) is 0 Å². The van der Waals surface area contributed by atoms with E-state index in [-0.39, 0.29) is 17.7 Å². The van der Waals surface area contributed by atoms with Gasteiger partial charge in [0.15, 0.2) is 0 Å². The van der Waals surface area contributed by atoms with E-state index >= 15 is 0 Å². The van der Waals surface area contributed by atoms with E-state index in [0.29, 0.717) is 5.41 Å². The molecule has 11 aliphatic rings. The molecule has 8 bridgehead atoms.